The van der Waals surface area contributed by atoms with Gasteiger partial charge >= 0.3 is 5.97 Å². The normalized spacial score (nSPS) is 18.6. The standard InChI is InChI=1S/C12H16N2O4/c1-8-7-9(10(15)16)14-11(13-8)12(17-2)3-5-18-6-4-12/h7H,3-6H2,1-2H3,(H,15,16). The second kappa shape index (κ2) is 4.99. The van der Waals surface area contributed by atoms with Gasteiger partial charge in [-0.15, -0.1) is 0 Å². The van der Waals surface area contributed by atoms with Crippen LogP contribution in [0.1, 0.15) is 34.8 Å². The van der Waals surface area contributed by atoms with Gasteiger partial charge in [0, 0.05) is 38.9 Å². The molecular weight excluding hydrogens is 236 g/mol. The Kier molecular flexibility index (Phi) is 3.58. The van der Waals surface area contributed by atoms with E-state index in [4.69, 9.17) is 14.6 Å². The van der Waals surface area contributed by atoms with Gasteiger partial charge in [0.05, 0.1) is 0 Å². The third kappa shape index (κ3) is 2.34. The van der Waals surface area contributed by atoms with E-state index >= 15 is 0 Å². The Morgan fingerprint density at radius 3 is 2.67 bits per heavy atom. The van der Waals surface area contributed by atoms with Gasteiger partial charge in [-0.05, 0) is 13.0 Å². The number of ether oxygens (including phenoxy) is 2. The molecule has 0 unspecified atom stereocenters. The minimum atomic E-state index is -1.06. The zero-order chi connectivity index (χ0) is 13.2. The van der Waals surface area contributed by atoms with Crippen molar-refractivity contribution in [3.8, 4) is 0 Å². The average Bonchev–Trinajstić information content (AvgIpc) is 2.38. The molecule has 6 heteroatoms. The molecule has 0 atom stereocenters. The second-order valence-corrected chi connectivity index (χ2v) is 4.33. The van der Waals surface area contributed by atoms with Crippen LogP contribution in [0.4, 0.5) is 0 Å². The Balaban J connectivity index is 2.44. The number of hydrogen-bond acceptors (Lipinski definition) is 5. The van der Waals surface area contributed by atoms with Gasteiger partial charge in [0.25, 0.3) is 0 Å². The first kappa shape index (κ1) is 12.9. The predicted octanol–water partition coefficient (Wildman–Crippen LogP) is 1.14. The third-order valence-electron chi connectivity index (χ3n) is 3.17. The van der Waals surface area contributed by atoms with Crippen LogP contribution in [0.3, 0.4) is 0 Å². The molecule has 2 rings (SSSR count). The van der Waals surface area contributed by atoms with E-state index in [1.54, 1.807) is 14.0 Å². The highest BCUT2D eigenvalue weighted by molar-refractivity contribution is 5.85. The highest BCUT2D eigenvalue weighted by Gasteiger charge is 2.38. The van der Waals surface area contributed by atoms with Crippen molar-refractivity contribution in [3.05, 3.63) is 23.3 Å². The highest BCUT2D eigenvalue weighted by atomic mass is 16.5. The lowest BCUT2D eigenvalue weighted by Crippen LogP contribution is -2.38. The molecule has 0 radical (unpaired) electrons. The van der Waals surface area contributed by atoms with Gasteiger partial charge in [-0.25, -0.2) is 14.8 Å². The quantitative estimate of drug-likeness (QED) is 0.868. The van der Waals surface area contributed by atoms with Crippen LogP contribution in [0.2, 0.25) is 0 Å². The molecule has 0 bridgehead atoms. The van der Waals surface area contributed by atoms with Crippen molar-refractivity contribution in [2.75, 3.05) is 20.3 Å². The lowest BCUT2D eigenvalue weighted by molar-refractivity contribution is -0.100. The first-order valence-corrected chi connectivity index (χ1v) is 5.80. The fourth-order valence-corrected chi connectivity index (χ4v) is 2.10. The molecule has 1 fully saturated rings. The van der Waals surface area contributed by atoms with E-state index in [0.717, 1.165) is 0 Å². The van der Waals surface area contributed by atoms with E-state index < -0.39 is 11.6 Å². The summed E-state index contributed by atoms with van der Waals surface area (Å²) in [7, 11) is 1.59. The number of aryl methyl sites for hydroxylation is 1. The summed E-state index contributed by atoms with van der Waals surface area (Å²) in [6.07, 6.45) is 1.26. The Bertz CT molecular complexity index is 455. The predicted molar refractivity (Wildman–Crippen MR) is 62.5 cm³/mol. The molecule has 98 valence electrons. The zero-order valence-corrected chi connectivity index (χ0v) is 10.5. The average molecular weight is 252 g/mol. The van der Waals surface area contributed by atoms with Crippen molar-refractivity contribution in [2.24, 2.45) is 0 Å². The summed E-state index contributed by atoms with van der Waals surface area (Å²) in [5.41, 5.74) is -0.00481. The van der Waals surface area contributed by atoms with Crippen LogP contribution in [0, 0.1) is 6.92 Å². The highest BCUT2D eigenvalue weighted by Crippen LogP contribution is 2.33. The van der Waals surface area contributed by atoms with Gasteiger partial charge in [0.15, 0.2) is 11.5 Å². The Morgan fingerprint density at radius 2 is 2.11 bits per heavy atom. The fraction of sp³-hybridized carbons (Fsp3) is 0.583. The van der Waals surface area contributed by atoms with Crippen LogP contribution in [-0.4, -0.2) is 41.4 Å². The van der Waals surface area contributed by atoms with E-state index in [2.05, 4.69) is 9.97 Å². The maximum atomic E-state index is 11.0. The maximum absolute atomic E-state index is 11.0. The summed E-state index contributed by atoms with van der Waals surface area (Å²) in [6, 6.07) is 1.45. The minimum absolute atomic E-state index is 0.000386. The number of aromatic carboxylic acids is 1. The molecule has 0 amide bonds. The summed E-state index contributed by atoms with van der Waals surface area (Å²) < 4.78 is 10.9. The van der Waals surface area contributed by atoms with Gasteiger partial charge in [-0.2, -0.15) is 0 Å². The van der Waals surface area contributed by atoms with Crippen molar-refractivity contribution >= 4 is 5.97 Å². The zero-order valence-electron chi connectivity index (χ0n) is 10.5. The number of methoxy groups -OCH3 is 1. The van der Waals surface area contributed by atoms with Crippen LogP contribution in [0.25, 0.3) is 0 Å². The smallest absolute Gasteiger partial charge is 0.354 e. The Hall–Kier alpha value is -1.53. The number of carboxylic acid groups (broad SMARTS) is 1. The van der Waals surface area contributed by atoms with Crippen LogP contribution in [0.5, 0.6) is 0 Å². The molecular formula is C12H16N2O4. The summed E-state index contributed by atoms with van der Waals surface area (Å²) in [6.45, 7) is 2.88. The minimum Gasteiger partial charge on any atom is -0.477 e. The monoisotopic (exact) mass is 252 g/mol. The summed E-state index contributed by atoms with van der Waals surface area (Å²) in [5.74, 6) is -0.620. The van der Waals surface area contributed by atoms with Crippen LogP contribution >= 0.6 is 0 Å². The molecule has 1 aliphatic rings. The number of rotatable bonds is 3. The molecule has 2 heterocycles. The summed E-state index contributed by atoms with van der Waals surface area (Å²) in [4.78, 5) is 19.5. The molecule has 1 saturated heterocycles. The number of nitrogens with zero attached hydrogens (tertiary/aromatic N) is 2. The van der Waals surface area contributed by atoms with E-state index in [1.807, 2.05) is 0 Å². The van der Waals surface area contributed by atoms with Crippen molar-refractivity contribution in [1.29, 1.82) is 0 Å². The maximum Gasteiger partial charge on any atom is 0.354 e. The number of aromatic nitrogens is 2. The van der Waals surface area contributed by atoms with Crippen LogP contribution in [-0.2, 0) is 15.1 Å². The summed E-state index contributed by atoms with van der Waals surface area (Å²) in [5, 5.41) is 9.03. The fourth-order valence-electron chi connectivity index (χ4n) is 2.10. The lowest BCUT2D eigenvalue weighted by atomic mass is 9.93. The van der Waals surface area contributed by atoms with Crippen molar-refractivity contribution in [3.63, 3.8) is 0 Å². The van der Waals surface area contributed by atoms with Gasteiger partial charge < -0.3 is 14.6 Å². The SMILES string of the molecule is COC1(c2nc(C)cc(C(=O)O)n2)CCOCC1. The largest absolute Gasteiger partial charge is 0.477 e. The molecule has 0 saturated carbocycles. The van der Waals surface area contributed by atoms with E-state index in [9.17, 15) is 4.79 Å². The molecule has 0 spiro atoms. The van der Waals surface area contributed by atoms with Crippen LogP contribution < -0.4 is 0 Å². The van der Waals surface area contributed by atoms with Gasteiger partial charge in [0.2, 0.25) is 0 Å². The Morgan fingerprint density at radius 1 is 1.44 bits per heavy atom. The molecule has 1 aromatic heterocycles. The Labute approximate surface area is 105 Å². The topological polar surface area (TPSA) is 81.5 Å². The molecule has 1 N–H and O–H groups in total. The van der Waals surface area contributed by atoms with Crippen molar-refractivity contribution in [1.82, 2.24) is 9.97 Å². The first-order chi connectivity index (χ1) is 8.57. The van der Waals surface area contributed by atoms with Crippen molar-refractivity contribution in [2.45, 2.75) is 25.4 Å². The third-order valence-corrected chi connectivity index (χ3v) is 3.17. The molecule has 0 aliphatic carbocycles. The van der Waals surface area contributed by atoms with E-state index in [-0.39, 0.29) is 5.69 Å². The van der Waals surface area contributed by atoms with Gasteiger partial charge in [0.1, 0.15) is 5.60 Å². The lowest BCUT2D eigenvalue weighted by Gasteiger charge is -2.34. The van der Waals surface area contributed by atoms with Crippen LogP contribution in [0.15, 0.2) is 6.07 Å². The summed E-state index contributed by atoms with van der Waals surface area (Å²) >= 11 is 0. The first-order valence-electron chi connectivity index (χ1n) is 5.80. The van der Waals surface area contributed by atoms with Gasteiger partial charge in [-0.3, -0.25) is 0 Å². The number of carbonyl (C=O) groups is 1. The number of hydrogen-bond donors (Lipinski definition) is 1. The number of carboxylic acids is 1. The molecule has 0 aromatic carbocycles. The van der Waals surface area contributed by atoms with Crippen molar-refractivity contribution < 1.29 is 19.4 Å². The van der Waals surface area contributed by atoms with Gasteiger partial charge in [-0.1, -0.05) is 0 Å². The van der Waals surface area contributed by atoms with E-state index in [1.165, 1.54) is 6.07 Å². The second-order valence-electron chi connectivity index (χ2n) is 4.33. The molecule has 6 nitrogen and oxygen atoms in total. The molecule has 1 aliphatic heterocycles. The molecule has 1 aromatic rings. The molecule has 18 heavy (non-hydrogen) atoms. The van der Waals surface area contributed by atoms with E-state index in [0.29, 0.717) is 37.6 Å².